The molecule has 134 valence electrons. The molecule has 0 aliphatic carbocycles. The second kappa shape index (κ2) is 6.83. The van der Waals surface area contributed by atoms with E-state index < -0.39 is 40.6 Å². The molecule has 2 aromatic carbocycles. The van der Waals surface area contributed by atoms with Crippen molar-refractivity contribution in [3.8, 4) is 11.3 Å². The lowest BCUT2D eigenvalue weighted by Crippen LogP contribution is -2.19. The number of nitrogens with zero attached hydrogens (tertiary/aromatic N) is 1. The highest BCUT2D eigenvalue weighted by molar-refractivity contribution is 7.14. The minimum Gasteiger partial charge on any atom is -0.298 e. The Hall–Kier alpha value is -2.81. The van der Waals surface area contributed by atoms with E-state index in [-0.39, 0.29) is 5.13 Å². The van der Waals surface area contributed by atoms with Gasteiger partial charge in [0.05, 0.1) is 5.69 Å². The van der Waals surface area contributed by atoms with E-state index in [1.165, 1.54) is 0 Å². The summed E-state index contributed by atoms with van der Waals surface area (Å²) < 4.78 is 66.8. The summed E-state index contributed by atoms with van der Waals surface area (Å²) in [6.07, 6.45) is 0. The van der Waals surface area contributed by atoms with Crippen LogP contribution in [-0.4, -0.2) is 10.9 Å². The molecule has 1 heterocycles. The zero-order chi connectivity index (χ0) is 19.0. The Morgan fingerprint density at radius 3 is 2.04 bits per heavy atom. The fraction of sp³-hybridized carbons (Fsp3) is 0.0588. The van der Waals surface area contributed by atoms with Gasteiger partial charge in [-0.05, 0) is 6.92 Å². The van der Waals surface area contributed by atoms with Crippen molar-refractivity contribution in [1.82, 2.24) is 4.98 Å². The first-order valence-electron chi connectivity index (χ1n) is 7.15. The standard InChI is InChI=1S/C17H9F5N2OS/c1-7-2-4-8(5-3-7)9-6-26-17(23-9)24-16(25)10-11(18)13(20)15(22)14(21)12(10)19/h2-6H,1H3,(H,23,24,25). The van der Waals surface area contributed by atoms with Gasteiger partial charge < -0.3 is 0 Å². The number of hydrogen-bond acceptors (Lipinski definition) is 3. The molecule has 0 spiro atoms. The van der Waals surface area contributed by atoms with Crippen molar-refractivity contribution < 1.29 is 26.7 Å². The van der Waals surface area contributed by atoms with Crippen molar-refractivity contribution in [3.63, 3.8) is 0 Å². The molecule has 0 aliphatic heterocycles. The van der Waals surface area contributed by atoms with Crippen LogP contribution < -0.4 is 5.32 Å². The van der Waals surface area contributed by atoms with Crippen molar-refractivity contribution in [3.05, 3.63) is 69.9 Å². The average Bonchev–Trinajstić information content (AvgIpc) is 3.07. The highest BCUT2D eigenvalue weighted by Crippen LogP contribution is 2.27. The van der Waals surface area contributed by atoms with Gasteiger partial charge in [0, 0.05) is 10.9 Å². The normalized spacial score (nSPS) is 10.8. The minimum absolute atomic E-state index is 0.0467. The topological polar surface area (TPSA) is 42.0 Å². The van der Waals surface area contributed by atoms with Crippen LogP contribution in [-0.2, 0) is 0 Å². The lowest BCUT2D eigenvalue weighted by atomic mass is 10.1. The van der Waals surface area contributed by atoms with Crippen molar-refractivity contribution in [2.45, 2.75) is 6.92 Å². The van der Waals surface area contributed by atoms with Gasteiger partial charge in [0.1, 0.15) is 5.56 Å². The maximum Gasteiger partial charge on any atom is 0.263 e. The third-order valence-corrected chi connectivity index (χ3v) is 4.27. The molecule has 9 heteroatoms. The smallest absolute Gasteiger partial charge is 0.263 e. The molecule has 3 rings (SSSR count). The van der Waals surface area contributed by atoms with E-state index in [1.54, 1.807) is 17.5 Å². The molecule has 0 saturated carbocycles. The largest absolute Gasteiger partial charge is 0.298 e. The van der Waals surface area contributed by atoms with Gasteiger partial charge in [-0.2, -0.15) is 0 Å². The van der Waals surface area contributed by atoms with Crippen LogP contribution in [0.2, 0.25) is 0 Å². The SMILES string of the molecule is Cc1ccc(-c2csc(NC(=O)c3c(F)c(F)c(F)c(F)c3F)n2)cc1. The Morgan fingerprint density at radius 1 is 0.923 bits per heavy atom. The van der Waals surface area contributed by atoms with E-state index in [4.69, 9.17) is 0 Å². The van der Waals surface area contributed by atoms with Crippen LogP contribution in [0.4, 0.5) is 27.1 Å². The summed E-state index contributed by atoms with van der Waals surface area (Å²) >= 11 is 0.945. The van der Waals surface area contributed by atoms with E-state index in [2.05, 4.69) is 4.98 Å². The Morgan fingerprint density at radius 2 is 1.46 bits per heavy atom. The Labute approximate surface area is 148 Å². The summed E-state index contributed by atoms with van der Waals surface area (Å²) in [4.78, 5) is 16.1. The van der Waals surface area contributed by atoms with Crippen LogP contribution in [0.1, 0.15) is 15.9 Å². The van der Waals surface area contributed by atoms with Crippen LogP contribution >= 0.6 is 11.3 Å². The Kier molecular flexibility index (Phi) is 4.73. The minimum atomic E-state index is -2.33. The first kappa shape index (κ1) is 18.0. The number of amides is 1. The molecule has 0 unspecified atom stereocenters. The number of anilines is 1. The summed E-state index contributed by atoms with van der Waals surface area (Å²) in [6, 6.07) is 7.28. The van der Waals surface area contributed by atoms with Crippen LogP contribution in [0.3, 0.4) is 0 Å². The maximum absolute atomic E-state index is 13.7. The number of benzene rings is 2. The van der Waals surface area contributed by atoms with Gasteiger partial charge in [-0.1, -0.05) is 29.8 Å². The fourth-order valence-corrected chi connectivity index (χ4v) is 2.87. The number of nitrogens with one attached hydrogen (secondary N) is 1. The number of carbonyl (C=O) groups excluding carboxylic acids is 1. The van der Waals surface area contributed by atoms with Crippen LogP contribution in [0.15, 0.2) is 29.6 Å². The molecular formula is C17H9F5N2OS. The first-order valence-corrected chi connectivity index (χ1v) is 8.03. The predicted molar refractivity (Wildman–Crippen MR) is 86.5 cm³/mol. The van der Waals surface area contributed by atoms with Crippen molar-refractivity contribution in [1.29, 1.82) is 0 Å². The summed E-state index contributed by atoms with van der Waals surface area (Å²) in [5.74, 6) is -12.6. The van der Waals surface area contributed by atoms with Crippen LogP contribution in [0, 0.1) is 36.0 Å². The Bertz CT molecular complexity index is 972. The van der Waals surface area contributed by atoms with Gasteiger partial charge in [-0.15, -0.1) is 11.3 Å². The van der Waals surface area contributed by atoms with Crippen LogP contribution in [0.5, 0.6) is 0 Å². The lowest BCUT2D eigenvalue weighted by molar-refractivity contribution is 0.101. The van der Waals surface area contributed by atoms with E-state index in [9.17, 15) is 26.7 Å². The number of hydrogen-bond donors (Lipinski definition) is 1. The number of aromatic nitrogens is 1. The zero-order valence-corrected chi connectivity index (χ0v) is 13.9. The summed E-state index contributed by atoms with van der Waals surface area (Å²) in [5.41, 5.74) is 0.698. The number of halogens is 5. The van der Waals surface area contributed by atoms with Gasteiger partial charge in [0.25, 0.3) is 5.91 Å². The number of rotatable bonds is 3. The van der Waals surface area contributed by atoms with Crippen LogP contribution in [0.25, 0.3) is 11.3 Å². The van der Waals surface area contributed by atoms with Gasteiger partial charge in [0.15, 0.2) is 28.4 Å². The molecule has 26 heavy (non-hydrogen) atoms. The fourth-order valence-electron chi connectivity index (χ4n) is 2.15. The van der Waals surface area contributed by atoms with Crippen molar-refractivity contribution >= 4 is 22.4 Å². The summed E-state index contributed by atoms with van der Waals surface area (Å²) in [7, 11) is 0. The molecule has 0 saturated heterocycles. The number of aryl methyl sites for hydroxylation is 1. The highest BCUT2D eigenvalue weighted by Gasteiger charge is 2.30. The molecule has 3 nitrogen and oxygen atoms in total. The summed E-state index contributed by atoms with van der Waals surface area (Å²) in [5, 5.41) is 3.58. The third kappa shape index (κ3) is 3.17. The molecule has 0 radical (unpaired) electrons. The second-order valence-corrected chi connectivity index (χ2v) is 6.16. The second-order valence-electron chi connectivity index (χ2n) is 5.30. The molecule has 0 atom stereocenters. The molecule has 1 amide bonds. The molecule has 1 N–H and O–H groups in total. The zero-order valence-electron chi connectivity index (χ0n) is 13.0. The highest BCUT2D eigenvalue weighted by atomic mass is 32.1. The molecule has 0 fully saturated rings. The van der Waals surface area contributed by atoms with Gasteiger partial charge in [-0.25, -0.2) is 26.9 Å². The molecule has 1 aromatic heterocycles. The van der Waals surface area contributed by atoms with Gasteiger partial charge in [-0.3, -0.25) is 10.1 Å². The Balaban J connectivity index is 1.89. The molecule has 0 bridgehead atoms. The van der Waals surface area contributed by atoms with Crippen molar-refractivity contribution in [2.75, 3.05) is 5.32 Å². The summed E-state index contributed by atoms with van der Waals surface area (Å²) in [6.45, 7) is 1.90. The number of thiazole rings is 1. The molecular weight excluding hydrogens is 375 g/mol. The number of carbonyl (C=O) groups is 1. The lowest BCUT2D eigenvalue weighted by Gasteiger charge is -2.07. The van der Waals surface area contributed by atoms with E-state index >= 15 is 0 Å². The third-order valence-electron chi connectivity index (χ3n) is 3.51. The maximum atomic E-state index is 13.7. The van der Waals surface area contributed by atoms with E-state index in [1.807, 2.05) is 24.4 Å². The quantitative estimate of drug-likeness (QED) is 0.389. The molecule has 3 aromatic rings. The van der Waals surface area contributed by atoms with Crippen molar-refractivity contribution in [2.24, 2.45) is 0 Å². The van der Waals surface area contributed by atoms with Gasteiger partial charge >= 0.3 is 0 Å². The van der Waals surface area contributed by atoms with E-state index in [0.29, 0.717) is 5.69 Å². The molecule has 0 aliphatic rings. The average molecular weight is 384 g/mol. The predicted octanol–water partition coefficient (Wildman–Crippen LogP) is 5.07. The first-order chi connectivity index (χ1) is 12.3. The van der Waals surface area contributed by atoms with E-state index in [0.717, 1.165) is 22.5 Å². The monoisotopic (exact) mass is 384 g/mol. The van der Waals surface area contributed by atoms with Gasteiger partial charge in [0.2, 0.25) is 5.82 Å².